The van der Waals surface area contributed by atoms with Gasteiger partial charge in [0.25, 0.3) is 0 Å². The second-order valence-electron chi connectivity index (χ2n) is 1.16. The van der Waals surface area contributed by atoms with Gasteiger partial charge in [-0.25, -0.2) is 0 Å². The van der Waals surface area contributed by atoms with Gasteiger partial charge in [0.15, 0.2) is 0 Å². The Balaban J connectivity index is 3.04. The van der Waals surface area contributed by atoms with E-state index < -0.39 is 0 Å². The average molecular weight is 303 g/mol. The van der Waals surface area contributed by atoms with Crippen molar-refractivity contribution in [2.24, 2.45) is 0 Å². The molecule has 0 aliphatic carbocycles. The summed E-state index contributed by atoms with van der Waals surface area (Å²) in [5.74, 6) is 0. The van der Waals surface area contributed by atoms with Crippen molar-refractivity contribution in [2.75, 3.05) is 0 Å². The second kappa shape index (κ2) is 2.44. The molecule has 0 bridgehead atoms. The molecule has 0 saturated carbocycles. The first-order valence-corrected chi connectivity index (χ1v) is 4.67. The first-order chi connectivity index (χ1) is 3.29. The fourth-order valence-electron chi connectivity index (χ4n) is 0.338. The summed E-state index contributed by atoms with van der Waals surface area (Å²) in [6.07, 6.45) is 0. The number of furan rings is 1. The molecule has 0 spiro atoms. The standard InChI is InChI=1S/C4H2O.2Sn/c1-2-4-5-3-1;;/h1-2H;;. The van der Waals surface area contributed by atoms with E-state index in [4.69, 9.17) is 4.42 Å². The van der Waals surface area contributed by atoms with Crippen LogP contribution in [0.5, 0.6) is 0 Å². The van der Waals surface area contributed by atoms with Gasteiger partial charge in [-0.05, 0) is 0 Å². The molecule has 0 atom stereocenters. The van der Waals surface area contributed by atoms with Gasteiger partial charge in [-0.15, -0.1) is 0 Å². The molecule has 32 valence electrons. The summed E-state index contributed by atoms with van der Waals surface area (Å²) in [6.45, 7) is 0. The molecule has 1 nitrogen and oxygen atoms in total. The summed E-state index contributed by atoms with van der Waals surface area (Å²) in [6, 6.07) is 4.03. The van der Waals surface area contributed by atoms with E-state index in [9.17, 15) is 0 Å². The first-order valence-electron chi connectivity index (χ1n) is 1.82. The first kappa shape index (κ1) is 6.00. The Kier molecular flexibility index (Phi) is 2.09. The Morgan fingerprint density at radius 1 is 1.14 bits per heavy atom. The molecule has 1 heterocycles. The molecule has 1 rings (SSSR count). The van der Waals surface area contributed by atoms with Crippen molar-refractivity contribution in [3.05, 3.63) is 12.1 Å². The number of rotatable bonds is 0. The van der Waals surface area contributed by atoms with E-state index in [0.717, 1.165) is 7.55 Å². The number of hydrogen-bond acceptors (Lipinski definition) is 1. The topological polar surface area (TPSA) is 13.1 Å². The molecule has 0 N–H and O–H groups in total. The molecule has 0 aromatic carbocycles. The molecule has 1 aromatic heterocycles. The van der Waals surface area contributed by atoms with Crippen LogP contribution in [0.3, 0.4) is 0 Å². The van der Waals surface area contributed by atoms with Crippen LogP contribution in [0.1, 0.15) is 0 Å². The zero-order chi connectivity index (χ0) is 5.28. The Hall–Kier alpha value is 0.877. The van der Waals surface area contributed by atoms with Crippen molar-refractivity contribution in [3.63, 3.8) is 0 Å². The van der Waals surface area contributed by atoms with Gasteiger partial charge in [0.05, 0.1) is 0 Å². The third-order valence-electron chi connectivity index (χ3n) is 0.606. The third kappa shape index (κ3) is 1.68. The van der Waals surface area contributed by atoms with E-state index in [1.54, 1.807) is 0 Å². The van der Waals surface area contributed by atoms with Crippen molar-refractivity contribution in [1.82, 2.24) is 0 Å². The molecule has 1 aromatic rings. The summed E-state index contributed by atoms with van der Waals surface area (Å²) in [5, 5.41) is 0. The minimum absolute atomic E-state index is 1.10. The zero-order valence-corrected chi connectivity index (χ0v) is 9.27. The van der Waals surface area contributed by atoms with Gasteiger partial charge >= 0.3 is 69.2 Å². The molecule has 3 heteroatoms. The second-order valence-corrected chi connectivity index (χ2v) is 3.98. The van der Waals surface area contributed by atoms with Gasteiger partial charge in [0.1, 0.15) is 0 Å². The molecular formula is C4H2OSn2. The van der Waals surface area contributed by atoms with Crippen LogP contribution in [0, 0.1) is 0 Å². The Labute approximate surface area is 68.6 Å². The molecule has 0 aliphatic rings. The van der Waals surface area contributed by atoms with Crippen LogP contribution in [0.4, 0.5) is 0 Å². The summed E-state index contributed by atoms with van der Waals surface area (Å²) in [4.78, 5) is 0. The Morgan fingerprint density at radius 2 is 1.57 bits per heavy atom. The van der Waals surface area contributed by atoms with E-state index in [2.05, 4.69) is 0 Å². The summed E-state index contributed by atoms with van der Waals surface area (Å²) in [5.41, 5.74) is 0. The van der Waals surface area contributed by atoms with E-state index in [1.807, 2.05) is 12.1 Å². The maximum atomic E-state index is 5.16. The van der Waals surface area contributed by atoms with Crippen LogP contribution in [0.2, 0.25) is 0 Å². The zero-order valence-electron chi connectivity index (χ0n) is 3.56. The van der Waals surface area contributed by atoms with Gasteiger partial charge in [-0.3, -0.25) is 0 Å². The molecule has 0 fully saturated rings. The SMILES string of the molecule is [Sn][c]1cc[c]([Sn])o1. The summed E-state index contributed by atoms with van der Waals surface area (Å²) < 4.78 is 7.36. The van der Waals surface area contributed by atoms with Gasteiger partial charge < -0.3 is 0 Å². The fraction of sp³-hybridized carbons (Fsp3) is 0. The molecule has 0 amide bonds. The van der Waals surface area contributed by atoms with Gasteiger partial charge in [0.2, 0.25) is 0 Å². The van der Waals surface area contributed by atoms with Crippen LogP contribution < -0.4 is 7.55 Å². The Bertz CT molecular complexity index is 142. The van der Waals surface area contributed by atoms with E-state index in [0.29, 0.717) is 0 Å². The molecule has 6 radical (unpaired) electrons. The normalized spacial score (nSPS) is 9.43. The van der Waals surface area contributed by atoms with Crippen LogP contribution >= 0.6 is 0 Å². The maximum absolute atomic E-state index is 5.16. The Morgan fingerprint density at radius 3 is 1.71 bits per heavy atom. The quantitative estimate of drug-likeness (QED) is 0.553. The van der Waals surface area contributed by atoms with Crippen LogP contribution in [0.25, 0.3) is 0 Å². The van der Waals surface area contributed by atoms with Crippen molar-refractivity contribution in [3.8, 4) is 0 Å². The monoisotopic (exact) mass is 306 g/mol. The summed E-state index contributed by atoms with van der Waals surface area (Å²) >= 11 is 2.73. The van der Waals surface area contributed by atoms with E-state index >= 15 is 0 Å². The van der Waals surface area contributed by atoms with Crippen LogP contribution in [0.15, 0.2) is 16.5 Å². The van der Waals surface area contributed by atoms with Crippen LogP contribution in [-0.4, -0.2) is 45.0 Å². The minimum atomic E-state index is 1.10. The molecule has 0 saturated heterocycles. The number of hydrogen-bond donors (Lipinski definition) is 0. The predicted octanol–water partition coefficient (Wildman–Crippen LogP) is -1.13. The van der Waals surface area contributed by atoms with Crippen molar-refractivity contribution >= 4 is 52.6 Å². The molecule has 0 unspecified atom stereocenters. The van der Waals surface area contributed by atoms with Gasteiger partial charge in [-0.1, -0.05) is 0 Å². The molecular weight excluding hydrogens is 301 g/mol. The average Bonchev–Trinajstić information content (AvgIpc) is 1.87. The van der Waals surface area contributed by atoms with Crippen LogP contribution in [-0.2, 0) is 0 Å². The van der Waals surface area contributed by atoms with Gasteiger partial charge in [0, 0.05) is 0 Å². The predicted molar refractivity (Wildman–Crippen MR) is 29.5 cm³/mol. The van der Waals surface area contributed by atoms with E-state index in [1.165, 1.54) is 45.0 Å². The molecule has 0 aliphatic heterocycles. The van der Waals surface area contributed by atoms with E-state index in [-0.39, 0.29) is 0 Å². The van der Waals surface area contributed by atoms with Gasteiger partial charge in [-0.2, -0.15) is 0 Å². The van der Waals surface area contributed by atoms with Crippen molar-refractivity contribution in [1.29, 1.82) is 0 Å². The third-order valence-corrected chi connectivity index (χ3v) is 2.14. The summed E-state index contributed by atoms with van der Waals surface area (Å²) in [7, 11) is 0. The van der Waals surface area contributed by atoms with Crippen molar-refractivity contribution < 1.29 is 4.42 Å². The van der Waals surface area contributed by atoms with Crippen molar-refractivity contribution in [2.45, 2.75) is 0 Å². The fourth-order valence-corrected chi connectivity index (χ4v) is 2.27. The molecule has 7 heavy (non-hydrogen) atoms.